The van der Waals surface area contributed by atoms with Gasteiger partial charge in [0, 0.05) is 155 Å². The largest absolute Gasteiger partial charge is 1.00 e. The summed E-state index contributed by atoms with van der Waals surface area (Å²) in [5.41, 5.74) is 15.6. The van der Waals surface area contributed by atoms with Crippen molar-refractivity contribution in [2.24, 2.45) is 11.7 Å². The van der Waals surface area contributed by atoms with Crippen LogP contribution in [0.25, 0.3) is 57.3 Å². The molecule has 3 aliphatic heterocycles. The van der Waals surface area contributed by atoms with Gasteiger partial charge >= 0.3 is 127 Å². The Morgan fingerprint density at radius 2 is 1.20 bits per heavy atom. The fourth-order valence-electron chi connectivity index (χ4n) is 11.2. The maximum atomic E-state index is 12.4. The normalized spacial score (nSPS) is 13.4. The average Bonchev–Trinajstić information content (AvgIpc) is 1.63. The minimum Gasteiger partial charge on any atom is -1.00 e. The smallest absolute Gasteiger partial charge is 1.00 e. The van der Waals surface area contributed by atoms with Gasteiger partial charge in [-0.25, -0.2) is 23.4 Å². The number of carbonyl (C=O) groups is 9. The van der Waals surface area contributed by atoms with Gasteiger partial charge in [0.15, 0.2) is 6.29 Å². The number of ketones is 1. The van der Waals surface area contributed by atoms with E-state index >= 15 is 0 Å². The number of nitrogens with zero attached hydrogens (tertiary/aromatic N) is 5. The van der Waals surface area contributed by atoms with Crippen LogP contribution < -0.4 is 151 Å². The van der Waals surface area contributed by atoms with Gasteiger partial charge in [0.25, 0.3) is 41.0 Å². The number of ether oxygens (including phenoxy) is 4. The topological polar surface area (TPSA) is 610 Å². The fourth-order valence-corrected chi connectivity index (χ4v) is 16.7. The predicted molar refractivity (Wildman–Crippen MR) is 527 cm³/mol. The number of alkyl carbamates (subject to hydrolysis) is 1. The number of aliphatic hydroxyl groups excluding tert-OH is 3. The Morgan fingerprint density at radius 3 is 1.72 bits per heavy atom. The van der Waals surface area contributed by atoms with Crippen LogP contribution >= 0.6 is 69.6 Å². The first-order valence-electron chi connectivity index (χ1n) is 41.5. The molecule has 3 amide bonds. The number of nitro groups is 4. The molecule has 0 saturated heterocycles. The molecule has 14 rings (SSSR count). The molecule has 11 aromatic rings. The number of nitrogens with two attached hydrogens (primary N) is 2. The third-order valence-corrected chi connectivity index (χ3v) is 24.2. The SMILES string of the molecule is CC(=O)CS.CC(C)CN.CCOC(=O)C1=Cc2cc([N+](=O)[O-])ccc2S1=O.CCOC(=O)c1cc2cc([N+](=O)[O-])ccc2s1.CCOC(=O)c1sc2ccc([N+](=O)[O-])cc2c1NC[C@@H](C)NC(=O)OC(C)(C)C.C[C@@H]1CNc2c(sc3ccc(N)cc23)C(=O)N1.Cc1ccc2c(ccc3sc4c(c32)NC[C@@H](C)NC4=O)n1.O=CO[O-].O=Cc1cc([N+](=O)[O-])ccc1Cl.OCC(O)CO.[2H]CF.[H-].[K+].[K+]. The molecule has 50 heteroatoms. The number of nitrogens with one attached hydrogen (secondary N) is 6. The van der Waals surface area contributed by atoms with Crippen LogP contribution in [0.15, 0.2) is 131 Å². The van der Waals surface area contributed by atoms with Gasteiger partial charge in [-0.15, -0.1) is 45.3 Å². The molecular weight excluding hydrogens is 2000 g/mol. The Bertz CT molecular complexity index is 6150. The number of nitrogen functional groups attached to an aromatic ring is 1. The van der Waals surface area contributed by atoms with Crippen LogP contribution in [0.2, 0.25) is 5.02 Å². The molecule has 0 spiro atoms. The Labute approximate surface area is 908 Å². The van der Waals surface area contributed by atoms with Crippen LogP contribution in [0.4, 0.5) is 54.7 Å². The molecule has 0 aliphatic carbocycles. The molecule has 0 fully saturated rings. The number of anilines is 4. The molecule has 138 heavy (non-hydrogen) atoms. The van der Waals surface area contributed by atoms with Crippen molar-refractivity contribution in [3.8, 4) is 0 Å². The monoisotopic (exact) mass is 2100 g/mol. The third kappa shape index (κ3) is 39.1. The molecule has 40 nitrogen and oxygen atoms in total. The maximum Gasteiger partial charge on any atom is 1.00 e. The van der Waals surface area contributed by atoms with Crippen molar-refractivity contribution >= 4 is 238 Å². The number of aldehydes is 1. The fraction of sp³-hybridized carbons (Fsp3) is 0.341. The Morgan fingerprint density at radius 1 is 0.710 bits per heavy atom. The van der Waals surface area contributed by atoms with E-state index in [1.54, 1.807) is 66.7 Å². The number of alkyl halides is 1. The van der Waals surface area contributed by atoms with Crippen LogP contribution in [-0.2, 0) is 49.0 Å². The van der Waals surface area contributed by atoms with Gasteiger partial charge in [-0.2, -0.15) is 12.6 Å². The summed E-state index contributed by atoms with van der Waals surface area (Å²) in [5, 5.41) is 98.3. The van der Waals surface area contributed by atoms with Crippen molar-refractivity contribution in [2.45, 2.75) is 125 Å². The molecular formula is C88H105ClFK2N13O27S6. The third-order valence-electron chi connectivity index (χ3n) is 17.4. The van der Waals surface area contributed by atoms with E-state index in [0.717, 1.165) is 94.0 Å². The Balaban J connectivity index is 0.000000809. The summed E-state index contributed by atoms with van der Waals surface area (Å²) in [6.45, 7) is 26.2. The Hall–Kier alpha value is -9.67. The molecule has 13 N–H and O–H groups in total. The van der Waals surface area contributed by atoms with E-state index in [1.807, 2.05) is 51.1 Å². The number of aliphatic hydroxyl groups is 3. The number of Topliss-reactive ketones (excluding diaryl/α,β-unsaturated/α-hetero) is 1. The predicted octanol–water partition coefficient (Wildman–Crippen LogP) is 8.89. The molecule has 1 unspecified atom stereocenters. The van der Waals surface area contributed by atoms with Gasteiger partial charge in [-0.3, -0.25) is 73.8 Å². The number of thiophene rings is 4. The average molecular weight is 2100 g/mol. The van der Waals surface area contributed by atoms with E-state index < -0.39 is 73.4 Å². The van der Waals surface area contributed by atoms with E-state index in [9.17, 15) is 87.4 Å². The second kappa shape index (κ2) is 62.5. The second-order valence-corrected chi connectivity index (χ2v) is 36.2. The van der Waals surface area contributed by atoms with Gasteiger partial charge in [0.1, 0.15) is 41.9 Å². The number of rotatable bonds is 20. The molecule has 3 aliphatic rings. The van der Waals surface area contributed by atoms with Crippen LogP contribution in [-0.4, -0.2) is 201 Å². The number of aromatic nitrogens is 1. The van der Waals surface area contributed by atoms with Gasteiger partial charge in [0.05, 0.1) is 105 Å². The zero-order valence-corrected chi connectivity index (χ0v) is 89.7. The molecule has 4 atom stereocenters. The van der Waals surface area contributed by atoms with E-state index in [-0.39, 0.29) is 218 Å². The quantitative estimate of drug-likeness (QED) is 0.00390. The first kappa shape index (κ1) is 122. The van der Waals surface area contributed by atoms with Gasteiger partial charge < -0.3 is 89.2 Å². The Kier molecular flexibility index (Phi) is 55.5. The summed E-state index contributed by atoms with van der Waals surface area (Å²) >= 11 is 14.7. The van der Waals surface area contributed by atoms with Crippen molar-refractivity contribution in [3.63, 3.8) is 0 Å². The van der Waals surface area contributed by atoms with Crippen molar-refractivity contribution in [2.75, 3.05) is 93.8 Å². The van der Waals surface area contributed by atoms with E-state index in [0.29, 0.717) is 65.9 Å². The van der Waals surface area contributed by atoms with E-state index in [2.05, 4.69) is 80.4 Å². The van der Waals surface area contributed by atoms with E-state index in [1.165, 1.54) is 113 Å². The van der Waals surface area contributed by atoms with Gasteiger partial charge in [0.2, 0.25) is 0 Å². The van der Waals surface area contributed by atoms with Crippen molar-refractivity contribution < 1.29 is 221 Å². The number of non-ortho nitro benzene ring substituents is 4. The summed E-state index contributed by atoms with van der Waals surface area (Å²) in [6, 6.07) is 32.1. The van der Waals surface area contributed by atoms with Crippen molar-refractivity contribution in [1.29, 1.82) is 0 Å². The number of aryl methyl sites for hydroxylation is 1. The number of pyridine rings is 1. The first-order chi connectivity index (χ1) is 64.8. The zero-order chi connectivity index (χ0) is 103. The van der Waals surface area contributed by atoms with Crippen LogP contribution in [0.1, 0.15) is 146 Å². The molecule has 6 aromatic carbocycles. The number of fused-ring (bicyclic) bond motifs is 11. The van der Waals surface area contributed by atoms with Crippen molar-refractivity contribution in [1.82, 2.24) is 20.9 Å². The zero-order valence-electron chi connectivity index (χ0n) is 79.7. The number of esters is 3. The number of benzene rings is 6. The number of hydrogen-bond acceptors (Lipinski definition) is 38. The van der Waals surface area contributed by atoms with Crippen LogP contribution in [0.3, 0.4) is 0 Å². The molecule has 736 valence electrons. The second-order valence-electron chi connectivity index (χ2n) is 29.8. The summed E-state index contributed by atoms with van der Waals surface area (Å²) in [6.07, 6.45) is 0.347. The number of nitro benzene ring substituents is 4. The van der Waals surface area contributed by atoms with Crippen molar-refractivity contribution in [3.05, 3.63) is 208 Å². The first-order valence-corrected chi connectivity index (χ1v) is 46.2. The van der Waals surface area contributed by atoms with E-state index in [4.69, 9.17) is 68.8 Å². The van der Waals surface area contributed by atoms with Crippen LogP contribution in [0.5, 0.6) is 0 Å². The summed E-state index contributed by atoms with van der Waals surface area (Å²) in [4.78, 5) is 151. The number of halogens is 2. The number of thiol groups is 1. The molecule has 8 heterocycles. The summed E-state index contributed by atoms with van der Waals surface area (Å²) in [7, 11) is -2.62. The molecule has 0 bridgehead atoms. The number of carbonyl (C=O) groups excluding carboxylic acids is 9. The minimum absolute atomic E-state index is 0. The minimum atomic E-state index is -1.62. The van der Waals surface area contributed by atoms with Crippen LogP contribution in [0, 0.1) is 53.3 Å². The summed E-state index contributed by atoms with van der Waals surface area (Å²) < 4.78 is 51.2. The molecule has 0 saturated carbocycles. The molecule has 0 radical (unpaired) electrons. The standard InChI is InChI=1S/C19H25N3O6S.C16H15N3OS.C12H13N3OS.C11H9NO5S.C11H9NO4S.C7H4ClNO3.C4H11N.C3H8O3.C3H6OS.CH3F.CH2O3.2K.H/c1-6-27-17(23)16-15(13-9-12(22(25)26)7-8-14(13)29-16)20-10-11(2)21-18(24)28-19(3,4)5;1-8-3-4-10-11(18-8)5-6-12-13(10)14-15(21-12)16(20)19-9(2)7-17-14;1-6-5-14-10-8-4-7(13)2-3-9(8)17-11(10)12(16)15-6;1-2-17-11(13)10-6-7-5-8(12(14)15)3-4-9(7)18(10)16;1-2-16-11(13)10-6-7-5-8(12(14)15)3-4-9(7)17-10;8-7-2-1-6(9(11)12)3-5(7)4-10;1-4(2)3-5;4-1-3(6)2-5;1-3(4)2-5;1-2;2-1-4-3;;;/h7-9,11,20H,6,10H2,1-5H3,(H,21,24);3-6,9,17H,7H2,1-2H3,(H,19,20);2-4,6,14H,5,13H2,1H3,(H,15,16);3-6H,2H2,1H3;3-6H,2H2,1H3;1-4H;4H,3,5H2,1-2H3;3-6H,1-2H2;5H,2H2,1H3;1H3;1,3H;;;/q;;;;;;;;;;;2*+1;-1/p-1/t11-;9-;6-;;;;;;;;;;;/m111.........../s1/i;;;;;;;;;1D;;;;. The molecule has 5 aromatic heterocycles. The van der Waals surface area contributed by atoms with Gasteiger partial charge in [-0.05, 0) is 167 Å². The number of hydrogen-bond donors (Lipinski definition) is 12. The summed E-state index contributed by atoms with van der Waals surface area (Å²) in [5.74, 6) is -0.407. The number of amides is 3. The maximum absolute atomic E-state index is 12.4. The van der Waals surface area contributed by atoms with Gasteiger partial charge in [-0.1, -0.05) is 31.5 Å².